The zero-order valence-corrected chi connectivity index (χ0v) is 22.0. The van der Waals surface area contributed by atoms with E-state index in [2.05, 4.69) is 25.5 Å². The van der Waals surface area contributed by atoms with E-state index in [9.17, 15) is 4.79 Å². The summed E-state index contributed by atoms with van der Waals surface area (Å²) in [7, 11) is 0. The SMILES string of the molecule is Cc1nc(-c2ncccc2Cl)nc(CC[C@H](NC(=O)CCCN2CCNCC2)c2ccccc2)c1Cl. The predicted octanol–water partition coefficient (Wildman–Crippen LogP) is 4.63. The van der Waals surface area contributed by atoms with Crippen molar-refractivity contribution in [2.45, 2.75) is 38.6 Å². The standard InChI is InChI=1S/C27H32Cl2N6O/c1-19-25(29)23(34-27(32-19)26-21(28)9-5-13-31-26)12-11-22(20-7-3-2-4-8-20)33-24(36)10-6-16-35-17-14-30-15-18-35/h2-5,7-9,13,22,30H,6,10-12,14-18H2,1H3,(H,33,36)/t22-/m0/s1. The van der Waals surface area contributed by atoms with E-state index in [1.54, 1.807) is 18.3 Å². The molecule has 3 heterocycles. The lowest BCUT2D eigenvalue weighted by molar-refractivity contribution is -0.122. The Bertz CT molecular complexity index is 1150. The maximum atomic E-state index is 12.9. The number of benzene rings is 1. The van der Waals surface area contributed by atoms with Gasteiger partial charge >= 0.3 is 0 Å². The number of amides is 1. The number of pyridine rings is 1. The lowest BCUT2D eigenvalue weighted by Gasteiger charge is -2.27. The predicted molar refractivity (Wildman–Crippen MR) is 144 cm³/mol. The number of piperazine rings is 1. The second kappa shape index (κ2) is 13.1. The van der Waals surface area contributed by atoms with Gasteiger partial charge in [0, 0.05) is 38.8 Å². The van der Waals surface area contributed by atoms with Crippen molar-refractivity contribution in [3.8, 4) is 11.5 Å². The van der Waals surface area contributed by atoms with E-state index >= 15 is 0 Å². The quantitative estimate of drug-likeness (QED) is 0.400. The van der Waals surface area contributed by atoms with Gasteiger partial charge in [-0.3, -0.25) is 9.78 Å². The molecule has 0 unspecified atom stereocenters. The first-order valence-corrected chi connectivity index (χ1v) is 13.2. The van der Waals surface area contributed by atoms with Crippen molar-refractivity contribution in [2.24, 2.45) is 0 Å². The summed E-state index contributed by atoms with van der Waals surface area (Å²) in [6.07, 6.45) is 4.23. The number of hydrogen-bond acceptors (Lipinski definition) is 6. The molecule has 9 heteroatoms. The molecule has 1 fully saturated rings. The maximum absolute atomic E-state index is 12.9. The van der Waals surface area contributed by atoms with Gasteiger partial charge in [-0.15, -0.1) is 0 Å². The minimum atomic E-state index is -0.147. The molecule has 1 amide bonds. The molecule has 4 rings (SSSR count). The van der Waals surface area contributed by atoms with Crippen molar-refractivity contribution >= 4 is 29.1 Å². The Kier molecular flexibility index (Phi) is 9.64. The van der Waals surface area contributed by atoms with Gasteiger partial charge in [-0.05, 0) is 50.4 Å². The van der Waals surface area contributed by atoms with Crippen molar-refractivity contribution in [1.29, 1.82) is 0 Å². The third-order valence-electron chi connectivity index (χ3n) is 6.35. The van der Waals surface area contributed by atoms with Crippen molar-refractivity contribution in [2.75, 3.05) is 32.7 Å². The molecular formula is C27H32Cl2N6O. The fourth-order valence-corrected chi connectivity index (χ4v) is 4.78. The number of carbonyl (C=O) groups excluding carboxylic acids is 1. The number of nitrogens with one attached hydrogen (secondary N) is 2. The van der Waals surface area contributed by atoms with Crippen LogP contribution in [0.2, 0.25) is 10.0 Å². The summed E-state index contributed by atoms with van der Waals surface area (Å²) in [5.74, 6) is 0.510. The molecule has 0 saturated carbocycles. The Balaban J connectivity index is 1.44. The average molecular weight is 528 g/mol. The molecule has 1 atom stereocenters. The highest BCUT2D eigenvalue weighted by Crippen LogP contribution is 2.28. The zero-order valence-electron chi connectivity index (χ0n) is 20.5. The van der Waals surface area contributed by atoms with Crippen LogP contribution in [0.3, 0.4) is 0 Å². The third kappa shape index (κ3) is 7.23. The molecule has 2 aromatic heterocycles. The molecule has 0 bridgehead atoms. The Morgan fingerprint density at radius 3 is 2.64 bits per heavy atom. The maximum Gasteiger partial charge on any atom is 0.220 e. The minimum Gasteiger partial charge on any atom is -0.349 e. The molecule has 0 aliphatic carbocycles. The lowest BCUT2D eigenvalue weighted by Crippen LogP contribution is -2.43. The summed E-state index contributed by atoms with van der Waals surface area (Å²) in [6.45, 7) is 6.91. The number of halogens is 2. The molecule has 1 saturated heterocycles. The smallest absolute Gasteiger partial charge is 0.220 e. The topological polar surface area (TPSA) is 83.0 Å². The van der Waals surface area contributed by atoms with E-state index in [1.807, 2.05) is 37.3 Å². The zero-order chi connectivity index (χ0) is 25.3. The van der Waals surface area contributed by atoms with Gasteiger partial charge < -0.3 is 15.5 Å². The number of nitrogens with zero attached hydrogens (tertiary/aromatic N) is 4. The van der Waals surface area contributed by atoms with E-state index in [0.717, 1.165) is 50.4 Å². The van der Waals surface area contributed by atoms with Gasteiger partial charge in [-0.1, -0.05) is 53.5 Å². The monoisotopic (exact) mass is 526 g/mol. The van der Waals surface area contributed by atoms with Crippen LogP contribution in [0.5, 0.6) is 0 Å². The van der Waals surface area contributed by atoms with Crippen LogP contribution in [-0.2, 0) is 11.2 Å². The van der Waals surface area contributed by atoms with Crippen LogP contribution in [0.25, 0.3) is 11.5 Å². The summed E-state index contributed by atoms with van der Waals surface area (Å²) in [4.78, 5) is 28.8. The third-order valence-corrected chi connectivity index (χ3v) is 7.15. The van der Waals surface area contributed by atoms with Crippen LogP contribution >= 0.6 is 23.2 Å². The first kappa shape index (κ1) is 26.5. The van der Waals surface area contributed by atoms with Crippen LogP contribution in [0.15, 0.2) is 48.7 Å². The molecule has 1 aliphatic rings. The highest BCUT2D eigenvalue weighted by atomic mass is 35.5. The molecule has 0 radical (unpaired) electrons. The summed E-state index contributed by atoms with van der Waals surface area (Å²) < 4.78 is 0. The molecular weight excluding hydrogens is 495 g/mol. The Hall–Kier alpha value is -2.58. The molecule has 0 spiro atoms. The Labute approximate surface area is 222 Å². The summed E-state index contributed by atoms with van der Waals surface area (Å²) in [5.41, 5.74) is 2.97. The van der Waals surface area contributed by atoms with Crippen molar-refractivity contribution < 1.29 is 4.79 Å². The highest BCUT2D eigenvalue weighted by Gasteiger charge is 2.19. The van der Waals surface area contributed by atoms with E-state index in [-0.39, 0.29) is 11.9 Å². The first-order chi connectivity index (χ1) is 17.5. The van der Waals surface area contributed by atoms with Crippen molar-refractivity contribution in [3.63, 3.8) is 0 Å². The molecule has 1 aliphatic heterocycles. The second-order valence-corrected chi connectivity index (χ2v) is 9.78. The van der Waals surface area contributed by atoms with Crippen molar-refractivity contribution in [1.82, 2.24) is 30.5 Å². The highest BCUT2D eigenvalue weighted by molar-refractivity contribution is 6.33. The van der Waals surface area contributed by atoms with Gasteiger partial charge in [0.05, 0.1) is 27.5 Å². The van der Waals surface area contributed by atoms with Gasteiger partial charge in [-0.2, -0.15) is 0 Å². The fourth-order valence-electron chi connectivity index (χ4n) is 4.39. The van der Waals surface area contributed by atoms with E-state index in [4.69, 9.17) is 28.2 Å². The summed E-state index contributed by atoms with van der Waals surface area (Å²) in [5, 5.41) is 7.61. The molecule has 36 heavy (non-hydrogen) atoms. The van der Waals surface area contributed by atoms with Crippen LogP contribution < -0.4 is 10.6 Å². The van der Waals surface area contributed by atoms with Gasteiger partial charge in [0.25, 0.3) is 0 Å². The second-order valence-electron chi connectivity index (χ2n) is 8.99. The van der Waals surface area contributed by atoms with E-state index < -0.39 is 0 Å². The Morgan fingerprint density at radius 2 is 1.89 bits per heavy atom. The summed E-state index contributed by atoms with van der Waals surface area (Å²) in [6, 6.07) is 13.4. The van der Waals surface area contributed by atoms with Crippen molar-refractivity contribution in [3.05, 3.63) is 75.7 Å². The van der Waals surface area contributed by atoms with Gasteiger partial charge in [0.15, 0.2) is 5.82 Å². The molecule has 3 aromatic rings. The van der Waals surface area contributed by atoms with Gasteiger partial charge in [-0.25, -0.2) is 9.97 Å². The lowest BCUT2D eigenvalue weighted by atomic mass is 10.00. The van der Waals surface area contributed by atoms with Crippen LogP contribution in [-0.4, -0.2) is 58.5 Å². The van der Waals surface area contributed by atoms with Crippen LogP contribution in [0, 0.1) is 6.92 Å². The number of rotatable bonds is 10. The number of carbonyl (C=O) groups is 1. The minimum absolute atomic E-state index is 0.0601. The number of aryl methyl sites for hydroxylation is 2. The Morgan fingerprint density at radius 1 is 1.11 bits per heavy atom. The number of aromatic nitrogens is 3. The normalized spacial score (nSPS) is 15.0. The van der Waals surface area contributed by atoms with Gasteiger partial charge in [0.1, 0.15) is 5.69 Å². The fraction of sp³-hybridized carbons (Fsp3) is 0.407. The first-order valence-electron chi connectivity index (χ1n) is 12.4. The molecule has 1 aromatic carbocycles. The molecule has 7 nitrogen and oxygen atoms in total. The molecule has 190 valence electrons. The van der Waals surface area contributed by atoms with Crippen LogP contribution in [0.1, 0.15) is 42.3 Å². The largest absolute Gasteiger partial charge is 0.349 e. The van der Waals surface area contributed by atoms with Gasteiger partial charge in [0.2, 0.25) is 5.91 Å². The number of hydrogen-bond donors (Lipinski definition) is 2. The van der Waals surface area contributed by atoms with E-state index in [1.165, 1.54) is 0 Å². The van der Waals surface area contributed by atoms with E-state index in [0.29, 0.717) is 46.5 Å². The average Bonchev–Trinajstić information content (AvgIpc) is 2.90. The summed E-state index contributed by atoms with van der Waals surface area (Å²) >= 11 is 12.9. The van der Waals surface area contributed by atoms with Crippen LogP contribution in [0.4, 0.5) is 0 Å². The molecule has 2 N–H and O–H groups in total.